The van der Waals surface area contributed by atoms with Crippen LogP contribution >= 0.6 is 11.8 Å². The summed E-state index contributed by atoms with van der Waals surface area (Å²) in [6.45, 7) is 3.62. The van der Waals surface area contributed by atoms with Gasteiger partial charge < -0.3 is 0 Å². The van der Waals surface area contributed by atoms with Crippen LogP contribution in [0.5, 0.6) is 0 Å². The van der Waals surface area contributed by atoms with Crippen LogP contribution in [0.15, 0.2) is 12.2 Å². The molecule has 0 aromatic carbocycles. The van der Waals surface area contributed by atoms with Crippen LogP contribution in [0.3, 0.4) is 0 Å². The first-order valence-corrected chi connectivity index (χ1v) is 4.17. The Morgan fingerprint density at radius 1 is 1.67 bits per heavy atom. The lowest BCUT2D eigenvalue weighted by atomic mass is 10.3. The van der Waals surface area contributed by atoms with Gasteiger partial charge in [-0.05, 0) is 26.2 Å². The van der Waals surface area contributed by atoms with Crippen LogP contribution in [0.25, 0.3) is 0 Å². The molecule has 0 aromatic rings. The molecule has 0 radical (unpaired) electrons. The predicted molar refractivity (Wildman–Crippen MR) is 42.8 cm³/mol. The Morgan fingerprint density at radius 3 is 2.56 bits per heavy atom. The largest absolute Gasteiger partial charge is 0.295 e. The number of carbonyl (C=O) groups excluding carboxylic acids is 1. The third kappa shape index (κ3) is 5.63. The number of ketones is 1. The molecule has 0 rings (SSSR count). The van der Waals surface area contributed by atoms with Crippen molar-refractivity contribution in [2.45, 2.75) is 19.1 Å². The van der Waals surface area contributed by atoms with E-state index in [2.05, 4.69) is 6.92 Å². The third-order valence-corrected chi connectivity index (χ3v) is 1.87. The van der Waals surface area contributed by atoms with E-state index >= 15 is 0 Å². The third-order valence-electron chi connectivity index (χ3n) is 0.974. The van der Waals surface area contributed by atoms with Gasteiger partial charge in [-0.15, -0.1) is 0 Å². The van der Waals surface area contributed by atoms with Crippen LogP contribution < -0.4 is 0 Å². The van der Waals surface area contributed by atoms with Crippen LogP contribution in [0.4, 0.5) is 0 Å². The lowest BCUT2D eigenvalue weighted by Crippen LogP contribution is -1.89. The van der Waals surface area contributed by atoms with Crippen molar-refractivity contribution in [3.8, 4) is 0 Å². The minimum absolute atomic E-state index is 0.121. The Morgan fingerprint density at radius 2 is 2.22 bits per heavy atom. The quantitative estimate of drug-likeness (QED) is 0.563. The van der Waals surface area contributed by atoms with Gasteiger partial charge in [-0.2, -0.15) is 11.8 Å². The Labute approximate surface area is 60.5 Å². The standard InChI is InChI=1S/C7H12OS/c1-6(8)4-5-7(2)9-3/h4-5,7H,1-3H3. The summed E-state index contributed by atoms with van der Waals surface area (Å²) in [6, 6.07) is 0. The van der Waals surface area contributed by atoms with Crippen molar-refractivity contribution < 1.29 is 4.79 Å². The van der Waals surface area contributed by atoms with Gasteiger partial charge in [0.05, 0.1) is 0 Å². The smallest absolute Gasteiger partial charge is 0.152 e. The van der Waals surface area contributed by atoms with E-state index in [1.165, 1.54) is 0 Å². The highest BCUT2D eigenvalue weighted by Gasteiger charge is 1.90. The molecule has 0 fully saturated rings. The Balaban J connectivity index is 3.56. The SMILES string of the molecule is CSC(C)C=CC(C)=O. The molecule has 0 aromatic heterocycles. The number of carbonyl (C=O) groups is 1. The molecule has 52 valence electrons. The van der Waals surface area contributed by atoms with Crippen LogP contribution in [0.2, 0.25) is 0 Å². The number of allylic oxidation sites excluding steroid dienone is 1. The van der Waals surface area contributed by atoms with Crippen LogP contribution in [0.1, 0.15) is 13.8 Å². The second-order valence-electron chi connectivity index (χ2n) is 1.91. The minimum Gasteiger partial charge on any atom is -0.295 e. The van der Waals surface area contributed by atoms with Gasteiger partial charge in [0, 0.05) is 5.25 Å². The summed E-state index contributed by atoms with van der Waals surface area (Å²) in [6.07, 6.45) is 5.54. The van der Waals surface area contributed by atoms with Gasteiger partial charge in [0.15, 0.2) is 5.78 Å². The zero-order valence-corrected chi connectivity index (χ0v) is 6.87. The maximum atomic E-state index is 10.4. The topological polar surface area (TPSA) is 17.1 Å². The van der Waals surface area contributed by atoms with Crippen molar-refractivity contribution in [2.24, 2.45) is 0 Å². The average Bonchev–Trinajstić information content (AvgIpc) is 1.83. The maximum Gasteiger partial charge on any atom is 0.152 e. The van der Waals surface area contributed by atoms with Gasteiger partial charge in [0.25, 0.3) is 0 Å². The highest BCUT2D eigenvalue weighted by atomic mass is 32.2. The van der Waals surface area contributed by atoms with E-state index in [9.17, 15) is 4.79 Å². The summed E-state index contributed by atoms with van der Waals surface area (Å²) in [7, 11) is 0. The van der Waals surface area contributed by atoms with Crippen LogP contribution in [-0.4, -0.2) is 17.3 Å². The van der Waals surface area contributed by atoms with Crippen LogP contribution in [0, 0.1) is 0 Å². The number of thioether (sulfide) groups is 1. The predicted octanol–water partition coefficient (Wildman–Crippen LogP) is 1.88. The van der Waals surface area contributed by atoms with Crippen molar-refractivity contribution in [1.29, 1.82) is 0 Å². The summed E-state index contributed by atoms with van der Waals surface area (Å²) in [5.74, 6) is 0.121. The van der Waals surface area contributed by atoms with Crippen molar-refractivity contribution in [1.82, 2.24) is 0 Å². The normalized spacial score (nSPS) is 14.1. The first kappa shape index (κ1) is 8.76. The zero-order chi connectivity index (χ0) is 7.28. The number of hydrogen-bond acceptors (Lipinski definition) is 2. The summed E-state index contributed by atoms with van der Waals surface area (Å²) in [5, 5.41) is 0.453. The van der Waals surface area contributed by atoms with Gasteiger partial charge in [-0.1, -0.05) is 6.08 Å². The Hall–Kier alpha value is -0.240. The fourth-order valence-corrected chi connectivity index (χ4v) is 0.585. The van der Waals surface area contributed by atoms with E-state index in [1.54, 1.807) is 24.8 Å². The molecule has 1 unspecified atom stereocenters. The van der Waals surface area contributed by atoms with Crippen molar-refractivity contribution in [3.63, 3.8) is 0 Å². The summed E-state index contributed by atoms with van der Waals surface area (Å²) in [4.78, 5) is 10.4. The highest BCUT2D eigenvalue weighted by Crippen LogP contribution is 2.05. The summed E-state index contributed by atoms with van der Waals surface area (Å²) >= 11 is 1.73. The average molecular weight is 144 g/mol. The molecular weight excluding hydrogens is 132 g/mol. The fraction of sp³-hybridized carbons (Fsp3) is 0.571. The van der Waals surface area contributed by atoms with Gasteiger partial charge >= 0.3 is 0 Å². The van der Waals surface area contributed by atoms with Crippen molar-refractivity contribution in [2.75, 3.05) is 6.26 Å². The monoisotopic (exact) mass is 144 g/mol. The van der Waals surface area contributed by atoms with E-state index < -0.39 is 0 Å². The van der Waals surface area contributed by atoms with E-state index in [4.69, 9.17) is 0 Å². The molecule has 2 heteroatoms. The first-order valence-electron chi connectivity index (χ1n) is 2.88. The number of hydrogen-bond donors (Lipinski definition) is 0. The number of rotatable bonds is 3. The lowest BCUT2D eigenvalue weighted by Gasteiger charge is -1.96. The molecule has 0 aliphatic heterocycles. The summed E-state index contributed by atoms with van der Waals surface area (Å²) in [5.41, 5.74) is 0. The van der Waals surface area contributed by atoms with Gasteiger partial charge in [0.1, 0.15) is 0 Å². The van der Waals surface area contributed by atoms with Gasteiger partial charge in [-0.3, -0.25) is 4.79 Å². The van der Waals surface area contributed by atoms with Gasteiger partial charge in [-0.25, -0.2) is 0 Å². The molecular formula is C7H12OS. The molecule has 1 atom stereocenters. The molecule has 0 saturated heterocycles. The molecule has 0 heterocycles. The Kier molecular flexibility index (Phi) is 4.50. The van der Waals surface area contributed by atoms with E-state index in [-0.39, 0.29) is 5.78 Å². The molecule has 0 aliphatic rings. The van der Waals surface area contributed by atoms with Gasteiger partial charge in [0.2, 0.25) is 0 Å². The van der Waals surface area contributed by atoms with Crippen molar-refractivity contribution >= 4 is 17.5 Å². The molecule has 0 bridgehead atoms. The van der Waals surface area contributed by atoms with E-state index in [1.807, 2.05) is 12.3 Å². The molecule has 0 saturated carbocycles. The molecule has 0 N–H and O–H groups in total. The van der Waals surface area contributed by atoms with Crippen LogP contribution in [-0.2, 0) is 4.79 Å². The molecule has 0 aliphatic carbocycles. The zero-order valence-electron chi connectivity index (χ0n) is 6.05. The first-order chi connectivity index (χ1) is 4.16. The Bertz CT molecular complexity index is 118. The lowest BCUT2D eigenvalue weighted by molar-refractivity contribution is -0.112. The molecule has 0 spiro atoms. The van der Waals surface area contributed by atoms with Crippen molar-refractivity contribution in [3.05, 3.63) is 12.2 Å². The van der Waals surface area contributed by atoms with E-state index in [0.29, 0.717) is 5.25 Å². The second-order valence-corrected chi connectivity index (χ2v) is 3.13. The molecule has 0 amide bonds. The van der Waals surface area contributed by atoms with E-state index in [0.717, 1.165) is 0 Å². The molecule has 1 nitrogen and oxygen atoms in total. The fourth-order valence-electron chi connectivity index (χ4n) is 0.350. The molecule has 9 heavy (non-hydrogen) atoms. The summed E-state index contributed by atoms with van der Waals surface area (Å²) < 4.78 is 0. The maximum absolute atomic E-state index is 10.4. The second kappa shape index (κ2) is 4.62. The highest BCUT2D eigenvalue weighted by molar-refractivity contribution is 7.99. The minimum atomic E-state index is 0.121.